The van der Waals surface area contributed by atoms with E-state index >= 15 is 0 Å². The predicted molar refractivity (Wildman–Crippen MR) is 138 cm³/mol. The first-order chi connectivity index (χ1) is 15.0. The molecule has 0 saturated carbocycles. The Morgan fingerprint density at radius 2 is 1.77 bits per heavy atom. The Morgan fingerprint density at radius 1 is 1.13 bits per heavy atom. The van der Waals surface area contributed by atoms with Gasteiger partial charge in [-0.05, 0) is 79.3 Å². The Labute approximate surface area is 191 Å². The average Bonchev–Trinajstić information content (AvgIpc) is 2.87. The van der Waals surface area contributed by atoms with Crippen LogP contribution in [0.5, 0.6) is 0 Å². The zero-order valence-electron chi connectivity index (χ0n) is 20.6. The lowest BCUT2D eigenvalue weighted by Crippen LogP contribution is -2.17. The van der Waals surface area contributed by atoms with Gasteiger partial charge in [-0.15, -0.1) is 0 Å². The van der Waals surface area contributed by atoms with Crippen molar-refractivity contribution in [2.45, 2.75) is 72.6 Å². The number of nitrogens with zero attached hydrogens (tertiary/aromatic N) is 2. The first kappa shape index (κ1) is 28.1. The van der Waals surface area contributed by atoms with Crippen LogP contribution in [0, 0.1) is 12.1 Å². The van der Waals surface area contributed by atoms with E-state index in [2.05, 4.69) is 80.0 Å². The summed E-state index contributed by atoms with van der Waals surface area (Å²) in [6, 6.07) is 14.1. The molecule has 2 aromatic rings. The second-order valence-electron chi connectivity index (χ2n) is 7.38. The van der Waals surface area contributed by atoms with E-state index in [-0.39, 0.29) is 5.41 Å². The van der Waals surface area contributed by atoms with E-state index in [1.807, 2.05) is 45.2 Å². The molecule has 0 unspecified atom stereocenters. The Bertz CT molecular complexity index is 774. The molecule has 0 saturated heterocycles. The Kier molecular flexibility index (Phi) is 15.3. The number of hydrogen-bond donors (Lipinski definition) is 1. The first-order valence-electron chi connectivity index (χ1n) is 11.3. The van der Waals surface area contributed by atoms with Crippen molar-refractivity contribution in [3.63, 3.8) is 0 Å². The van der Waals surface area contributed by atoms with Crippen molar-refractivity contribution in [2.75, 3.05) is 12.4 Å². The summed E-state index contributed by atoms with van der Waals surface area (Å²) in [4.78, 5) is 7.66. The second kappa shape index (κ2) is 16.9. The third-order valence-corrected chi connectivity index (χ3v) is 5.05. The predicted octanol–water partition coefficient (Wildman–Crippen LogP) is 7.61. The van der Waals surface area contributed by atoms with Crippen LogP contribution in [-0.2, 0) is 11.8 Å². The lowest BCUT2D eigenvalue weighted by molar-refractivity contribution is 0.502. The molecule has 0 spiro atoms. The zero-order valence-corrected chi connectivity index (χ0v) is 20.6. The van der Waals surface area contributed by atoms with Crippen LogP contribution in [-0.4, -0.2) is 18.7 Å². The molecule has 1 aromatic heterocycles. The number of aryl methyl sites for hydroxylation is 1. The Hall–Kier alpha value is -2.86. The van der Waals surface area contributed by atoms with Gasteiger partial charge < -0.3 is 5.32 Å². The fourth-order valence-corrected chi connectivity index (χ4v) is 2.77. The zero-order chi connectivity index (χ0) is 23.5. The summed E-state index contributed by atoms with van der Waals surface area (Å²) >= 11 is 0. The maximum atomic E-state index is 3.85. The molecule has 1 aliphatic rings. The molecule has 0 aliphatic heterocycles. The van der Waals surface area contributed by atoms with E-state index < -0.39 is 0 Å². The van der Waals surface area contributed by atoms with Gasteiger partial charge in [0, 0.05) is 30.8 Å². The van der Waals surface area contributed by atoms with E-state index in [0.717, 1.165) is 37.1 Å². The normalized spacial score (nSPS) is 11.6. The van der Waals surface area contributed by atoms with Crippen molar-refractivity contribution in [3.8, 4) is 0 Å². The van der Waals surface area contributed by atoms with Gasteiger partial charge in [0.25, 0.3) is 0 Å². The number of aromatic nitrogens is 1. The fourth-order valence-electron chi connectivity index (χ4n) is 2.77. The number of nitrogens with one attached hydrogen (secondary N) is 1. The standard InChI is InChI=1S/C13H18.C7H9N.C6H8N2.C2H6/c1-5-11-9-7-8-10-12(11)13(3,4)6-2;1-8-7-5-3-2-4-6-7;1-7-6-2-4-8-5-3-6;1-2/h9-10H,5-6H2,1-4H3;2-3,5H,1,4,6H2;2-5H,1H3,(H,7,8);1-2H3. The molecule has 3 heteroatoms. The third-order valence-electron chi connectivity index (χ3n) is 5.05. The molecule has 168 valence electrons. The largest absolute Gasteiger partial charge is 0.388 e. The highest BCUT2D eigenvalue weighted by Gasteiger charge is 2.20. The lowest BCUT2D eigenvalue weighted by atomic mass is 9.79. The van der Waals surface area contributed by atoms with Crippen LogP contribution >= 0.6 is 0 Å². The van der Waals surface area contributed by atoms with Gasteiger partial charge in [0.2, 0.25) is 0 Å². The van der Waals surface area contributed by atoms with Crippen molar-refractivity contribution in [1.29, 1.82) is 0 Å². The third kappa shape index (κ3) is 11.2. The summed E-state index contributed by atoms with van der Waals surface area (Å²) in [6.45, 7) is 16.4. The summed E-state index contributed by atoms with van der Waals surface area (Å²) in [5.74, 6) is 0. The van der Waals surface area contributed by atoms with Crippen LogP contribution in [0.15, 0.2) is 65.6 Å². The minimum absolute atomic E-state index is 0.275. The quantitative estimate of drug-likeness (QED) is 0.506. The van der Waals surface area contributed by atoms with Crippen molar-refractivity contribution in [3.05, 3.63) is 83.8 Å². The molecule has 0 fully saturated rings. The van der Waals surface area contributed by atoms with Crippen LogP contribution in [0.25, 0.3) is 0 Å². The number of anilines is 1. The molecule has 0 amide bonds. The van der Waals surface area contributed by atoms with Gasteiger partial charge in [-0.2, -0.15) is 0 Å². The molecule has 0 radical (unpaired) electrons. The van der Waals surface area contributed by atoms with Gasteiger partial charge in [0.15, 0.2) is 0 Å². The van der Waals surface area contributed by atoms with E-state index in [9.17, 15) is 0 Å². The summed E-state index contributed by atoms with van der Waals surface area (Å²) < 4.78 is 0. The molecule has 0 bridgehead atoms. The smallest absolute Gasteiger partial charge is 0.0399 e. The molecular formula is C28H41N3. The highest BCUT2D eigenvalue weighted by Crippen LogP contribution is 2.28. The van der Waals surface area contributed by atoms with Gasteiger partial charge in [0.1, 0.15) is 0 Å². The highest BCUT2D eigenvalue weighted by atomic mass is 14.8. The Balaban J connectivity index is 0.000000436. The molecule has 3 nitrogen and oxygen atoms in total. The first-order valence-corrected chi connectivity index (χ1v) is 11.3. The second-order valence-corrected chi connectivity index (χ2v) is 7.38. The maximum Gasteiger partial charge on any atom is 0.0399 e. The van der Waals surface area contributed by atoms with Gasteiger partial charge in [0.05, 0.1) is 0 Å². The molecule has 1 aromatic carbocycles. The average molecular weight is 420 g/mol. The highest BCUT2D eigenvalue weighted by molar-refractivity contribution is 5.39. The SMILES string of the molecule is C=NC1=CC=CCC1.CC.CCc1cc#ccc1C(C)(C)CC.CNc1ccncc1. The molecular weight excluding hydrogens is 378 g/mol. The van der Waals surface area contributed by atoms with Crippen molar-refractivity contribution < 1.29 is 0 Å². The number of pyridine rings is 1. The molecule has 31 heavy (non-hydrogen) atoms. The van der Waals surface area contributed by atoms with E-state index in [4.69, 9.17) is 0 Å². The minimum Gasteiger partial charge on any atom is -0.388 e. The number of aliphatic imine (C=N–C) groups is 1. The topological polar surface area (TPSA) is 37.3 Å². The van der Waals surface area contributed by atoms with Crippen molar-refractivity contribution in [2.24, 2.45) is 4.99 Å². The molecule has 1 aliphatic carbocycles. The summed E-state index contributed by atoms with van der Waals surface area (Å²) in [6.07, 6.45) is 14.1. The summed E-state index contributed by atoms with van der Waals surface area (Å²) in [5.41, 5.74) is 5.31. The fraction of sp³-hybridized carbons (Fsp3) is 0.429. The number of hydrogen-bond acceptors (Lipinski definition) is 3. The van der Waals surface area contributed by atoms with Gasteiger partial charge in [-0.25, -0.2) is 0 Å². The van der Waals surface area contributed by atoms with Gasteiger partial charge in [-0.1, -0.05) is 65.8 Å². The lowest BCUT2D eigenvalue weighted by Gasteiger charge is -2.25. The van der Waals surface area contributed by atoms with Crippen LogP contribution in [0.4, 0.5) is 5.69 Å². The van der Waals surface area contributed by atoms with Crippen molar-refractivity contribution in [1.82, 2.24) is 4.98 Å². The summed E-state index contributed by atoms with van der Waals surface area (Å²) in [7, 11) is 1.88. The monoisotopic (exact) mass is 419 g/mol. The van der Waals surface area contributed by atoms with Gasteiger partial charge >= 0.3 is 0 Å². The number of allylic oxidation sites excluding steroid dienone is 4. The van der Waals surface area contributed by atoms with E-state index in [1.165, 1.54) is 11.1 Å². The van der Waals surface area contributed by atoms with Crippen LogP contribution in [0.3, 0.4) is 0 Å². The van der Waals surface area contributed by atoms with E-state index in [1.54, 1.807) is 12.4 Å². The molecule has 0 atom stereocenters. The molecule has 1 N–H and O–H groups in total. The van der Waals surface area contributed by atoms with Crippen LogP contribution in [0.2, 0.25) is 0 Å². The summed E-state index contributed by atoms with van der Waals surface area (Å²) in [5, 5.41) is 2.99. The minimum atomic E-state index is 0.275. The molecule has 1 heterocycles. The van der Waals surface area contributed by atoms with Crippen LogP contribution < -0.4 is 5.32 Å². The number of rotatable bonds is 5. The molecule has 3 rings (SSSR count). The van der Waals surface area contributed by atoms with Gasteiger partial charge in [-0.3, -0.25) is 9.98 Å². The van der Waals surface area contributed by atoms with Crippen molar-refractivity contribution >= 4 is 12.4 Å². The van der Waals surface area contributed by atoms with E-state index in [0.29, 0.717) is 0 Å². The van der Waals surface area contributed by atoms with Crippen LogP contribution in [0.1, 0.15) is 71.9 Å². The Morgan fingerprint density at radius 3 is 2.19 bits per heavy atom. The maximum absolute atomic E-state index is 3.85.